The fourth-order valence-electron chi connectivity index (χ4n) is 3.21. The smallest absolute Gasteiger partial charge is 0.0589 e. The van der Waals surface area contributed by atoms with Crippen molar-refractivity contribution in [1.29, 1.82) is 0 Å². The highest BCUT2D eigenvalue weighted by atomic mass is 79.9. The molecule has 2 atom stereocenters. The average molecular weight is 341 g/mol. The molecule has 2 unspecified atom stereocenters. The van der Waals surface area contributed by atoms with Crippen LogP contribution >= 0.6 is 15.9 Å². The molecule has 2 N–H and O–H groups in total. The molecule has 1 aliphatic rings. The second kappa shape index (κ2) is 7.03. The van der Waals surface area contributed by atoms with Crippen LogP contribution in [0.5, 0.6) is 0 Å². The molecule has 2 rings (SSSR count). The van der Waals surface area contributed by atoms with Crippen LogP contribution in [0.1, 0.15) is 31.2 Å². The normalized spacial score (nSPS) is 26.9. The average Bonchev–Trinajstić information content (AvgIpc) is 2.49. The number of likely N-dealkylation sites (N-methyl/N-ethyl adjacent to an activating group) is 1. The number of rotatable bonds is 5. The third-order valence-electron chi connectivity index (χ3n) is 4.63. The highest BCUT2D eigenvalue weighted by molar-refractivity contribution is 9.10. The summed E-state index contributed by atoms with van der Waals surface area (Å²) in [5.41, 5.74) is 7.53. The van der Waals surface area contributed by atoms with E-state index in [4.69, 9.17) is 10.5 Å². The van der Waals surface area contributed by atoms with Crippen molar-refractivity contribution >= 4 is 15.9 Å². The standard InChI is InChI=1S/C16H25BrN2O/c1-19(11-13-5-7-14(17)8-6-13)16(12-18)9-3-4-15(10-16)20-2/h5-8,15H,3-4,9-12,18H2,1-2H3. The minimum atomic E-state index is 0.0754. The summed E-state index contributed by atoms with van der Waals surface area (Å²) in [5.74, 6) is 0. The highest BCUT2D eigenvalue weighted by Gasteiger charge is 2.38. The van der Waals surface area contributed by atoms with Gasteiger partial charge in [-0.3, -0.25) is 4.90 Å². The van der Waals surface area contributed by atoms with E-state index in [9.17, 15) is 0 Å². The van der Waals surface area contributed by atoms with E-state index in [1.54, 1.807) is 0 Å². The maximum absolute atomic E-state index is 6.13. The van der Waals surface area contributed by atoms with E-state index in [0.717, 1.165) is 30.3 Å². The molecule has 0 saturated heterocycles. The molecule has 4 heteroatoms. The molecular weight excluding hydrogens is 316 g/mol. The van der Waals surface area contributed by atoms with Gasteiger partial charge in [0, 0.05) is 30.2 Å². The maximum Gasteiger partial charge on any atom is 0.0589 e. The Hall–Kier alpha value is -0.420. The van der Waals surface area contributed by atoms with Crippen LogP contribution < -0.4 is 5.73 Å². The van der Waals surface area contributed by atoms with Gasteiger partial charge in [-0.05, 0) is 50.4 Å². The molecule has 1 saturated carbocycles. The predicted molar refractivity (Wildman–Crippen MR) is 86.7 cm³/mol. The predicted octanol–water partition coefficient (Wildman–Crippen LogP) is 3.17. The first-order valence-electron chi connectivity index (χ1n) is 7.28. The molecule has 0 radical (unpaired) electrons. The van der Waals surface area contributed by atoms with Crippen LogP contribution in [0, 0.1) is 0 Å². The lowest BCUT2D eigenvalue weighted by atomic mass is 9.78. The third-order valence-corrected chi connectivity index (χ3v) is 5.16. The van der Waals surface area contributed by atoms with Gasteiger partial charge in [0.1, 0.15) is 0 Å². The van der Waals surface area contributed by atoms with E-state index in [2.05, 4.69) is 52.1 Å². The highest BCUT2D eigenvalue weighted by Crippen LogP contribution is 2.34. The van der Waals surface area contributed by atoms with E-state index in [-0.39, 0.29) is 5.54 Å². The van der Waals surface area contributed by atoms with Gasteiger partial charge in [-0.2, -0.15) is 0 Å². The third kappa shape index (κ3) is 3.61. The van der Waals surface area contributed by atoms with Gasteiger partial charge >= 0.3 is 0 Å². The minimum absolute atomic E-state index is 0.0754. The first-order chi connectivity index (χ1) is 9.59. The van der Waals surface area contributed by atoms with Crippen molar-refractivity contribution in [1.82, 2.24) is 4.90 Å². The van der Waals surface area contributed by atoms with E-state index < -0.39 is 0 Å². The summed E-state index contributed by atoms with van der Waals surface area (Å²) >= 11 is 3.48. The number of methoxy groups -OCH3 is 1. The number of hydrogen-bond acceptors (Lipinski definition) is 3. The van der Waals surface area contributed by atoms with Crippen LogP contribution in [-0.4, -0.2) is 37.2 Å². The zero-order valence-corrected chi connectivity index (χ0v) is 14.0. The molecule has 0 bridgehead atoms. The summed E-state index contributed by atoms with van der Waals surface area (Å²) in [6, 6.07) is 8.52. The van der Waals surface area contributed by atoms with Crippen molar-refractivity contribution in [2.45, 2.75) is 43.9 Å². The Balaban J connectivity index is 2.08. The van der Waals surface area contributed by atoms with Gasteiger partial charge in [0.15, 0.2) is 0 Å². The number of hydrogen-bond donors (Lipinski definition) is 1. The lowest BCUT2D eigenvalue weighted by Crippen LogP contribution is -2.55. The van der Waals surface area contributed by atoms with Gasteiger partial charge in [-0.15, -0.1) is 0 Å². The Bertz CT molecular complexity index is 423. The fraction of sp³-hybridized carbons (Fsp3) is 0.625. The summed E-state index contributed by atoms with van der Waals surface area (Å²) in [4.78, 5) is 2.42. The van der Waals surface area contributed by atoms with Crippen molar-refractivity contribution in [3.8, 4) is 0 Å². The SMILES string of the molecule is COC1CCCC(CN)(N(C)Cc2ccc(Br)cc2)C1. The monoisotopic (exact) mass is 340 g/mol. The number of nitrogens with zero attached hydrogens (tertiary/aromatic N) is 1. The van der Waals surface area contributed by atoms with E-state index in [0.29, 0.717) is 12.6 Å². The lowest BCUT2D eigenvalue weighted by Gasteiger charge is -2.46. The number of ether oxygens (including phenoxy) is 1. The van der Waals surface area contributed by atoms with Crippen LogP contribution in [-0.2, 0) is 11.3 Å². The Labute approximate surface area is 130 Å². The fourth-order valence-corrected chi connectivity index (χ4v) is 3.47. The summed E-state index contributed by atoms with van der Waals surface area (Å²) in [5, 5.41) is 0. The Morgan fingerprint density at radius 1 is 1.40 bits per heavy atom. The van der Waals surface area contributed by atoms with Gasteiger partial charge in [-0.25, -0.2) is 0 Å². The molecule has 112 valence electrons. The maximum atomic E-state index is 6.13. The summed E-state index contributed by atoms with van der Waals surface area (Å²) in [7, 11) is 4.00. The number of halogens is 1. The molecule has 1 aliphatic carbocycles. The van der Waals surface area contributed by atoms with Gasteiger partial charge in [-0.1, -0.05) is 28.1 Å². The van der Waals surface area contributed by atoms with Gasteiger partial charge in [0.25, 0.3) is 0 Å². The summed E-state index contributed by atoms with van der Waals surface area (Å²) < 4.78 is 6.70. The van der Waals surface area contributed by atoms with Crippen molar-refractivity contribution < 1.29 is 4.74 Å². The molecule has 0 aromatic heterocycles. The van der Waals surface area contributed by atoms with E-state index in [1.165, 1.54) is 12.0 Å². The van der Waals surface area contributed by atoms with Crippen LogP contribution in [0.4, 0.5) is 0 Å². The van der Waals surface area contributed by atoms with Crippen LogP contribution in [0.15, 0.2) is 28.7 Å². The molecule has 1 fully saturated rings. The second-order valence-corrected chi connectivity index (χ2v) is 6.78. The Morgan fingerprint density at radius 2 is 2.10 bits per heavy atom. The number of nitrogens with two attached hydrogens (primary N) is 1. The van der Waals surface area contributed by atoms with Crippen LogP contribution in [0.2, 0.25) is 0 Å². The zero-order chi connectivity index (χ0) is 14.6. The largest absolute Gasteiger partial charge is 0.381 e. The molecule has 0 aliphatic heterocycles. The Kier molecular flexibility index (Phi) is 5.61. The quantitative estimate of drug-likeness (QED) is 0.894. The van der Waals surface area contributed by atoms with Crippen molar-refractivity contribution in [2.24, 2.45) is 5.73 Å². The topological polar surface area (TPSA) is 38.5 Å². The van der Waals surface area contributed by atoms with Gasteiger partial charge in [0.2, 0.25) is 0 Å². The van der Waals surface area contributed by atoms with Gasteiger partial charge in [0.05, 0.1) is 6.10 Å². The first-order valence-corrected chi connectivity index (χ1v) is 8.07. The Morgan fingerprint density at radius 3 is 2.70 bits per heavy atom. The molecule has 20 heavy (non-hydrogen) atoms. The molecule has 1 aromatic carbocycles. The number of benzene rings is 1. The van der Waals surface area contributed by atoms with Crippen molar-refractivity contribution in [2.75, 3.05) is 20.7 Å². The molecule has 0 amide bonds. The van der Waals surface area contributed by atoms with E-state index in [1.807, 2.05) is 7.11 Å². The van der Waals surface area contributed by atoms with E-state index >= 15 is 0 Å². The summed E-state index contributed by atoms with van der Waals surface area (Å²) in [6.45, 7) is 1.63. The molecule has 3 nitrogen and oxygen atoms in total. The minimum Gasteiger partial charge on any atom is -0.381 e. The van der Waals surface area contributed by atoms with Crippen LogP contribution in [0.25, 0.3) is 0 Å². The summed E-state index contributed by atoms with van der Waals surface area (Å²) in [6.07, 6.45) is 4.90. The lowest BCUT2D eigenvalue weighted by molar-refractivity contribution is -0.0149. The van der Waals surface area contributed by atoms with Crippen molar-refractivity contribution in [3.63, 3.8) is 0 Å². The molecular formula is C16H25BrN2O. The van der Waals surface area contributed by atoms with Gasteiger partial charge < -0.3 is 10.5 Å². The molecule has 0 spiro atoms. The molecule has 1 aromatic rings. The van der Waals surface area contributed by atoms with Crippen LogP contribution in [0.3, 0.4) is 0 Å². The zero-order valence-electron chi connectivity index (χ0n) is 12.4. The molecule has 0 heterocycles. The second-order valence-electron chi connectivity index (χ2n) is 5.87. The first kappa shape index (κ1) is 16.0. The van der Waals surface area contributed by atoms with Crippen molar-refractivity contribution in [3.05, 3.63) is 34.3 Å².